The average Bonchev–Trinajstić information content (AvgIpc) is 3.53. The summed E-state index contributed by atoms with van der Waals surface area (Å²) in [6.07, 6.45) is 15.3. The molecule has 0 unspecified atom stereocenters. The van der Waals surface area contributed by atoms with Gasteiger partial charge in [0.2, 0.25) is 5.95 Å². The number of piperidine rings is 1. The Kier molecular flexibility index (Phi) is 5.85. The zero-order chi connectivity index (χ0) is 23.8. The highest BCUT2D eigenvalue weighted by atomic mass is 16.5. The molecule has 0 bridgehead atoms. The fraction of sp³-hybridized carbons (Fsp3) is 0.462. The van der Waals surface area contributed by atoms with Gasteiger partial charge in [-0.05, 0) is 62.6 Å². The number of anilines is 1. The SMILES string of the molecule is CO[C@H]1CC[C@@H](Nc2ncc3c(-c4ccn5ncc(C(=O)N6CCCCC6)c5c4)c[nH]c3n2)CC1. The average molecular weight is 474 g/mol. The van der Waals surface area contributed by atoms with Gasteiger partial charge in [0.25, 0.3) is 5.91 Å². The van der Waals surface area contributed by atoms with Gasteiger partial charge in [-0.1, -0.05) is 0 Å². The Morgan fingerprint density at radius 3 is 2.77 bits per heavy atom. The molecular weight excluding hydrogens is 442 g/mol. The Labute approximate surface area is 203 Å². The lowest BCUT2D eigenvalue weighted by Crippen LogP contribution is -2.35. The number of aromatic amines is 1. The number of ether oxygens (including phenoxy) is 1. The minimum atomic E-state index is 0.0642. The topological polar surface area (TPSA) is 100 Å². The van der Waals surface area contributed by atoms with E-state index in [1.807, 2.05) is 35.6 Å². The maximum atomic E-state index is 13.2. The van der Waals surface area contributed by atoms with Gasteiger partial charge in [-0.25, -0.2) is 9.50 Å². The van der Waals surface area contributed by atoms with Crippen molar-refractivity contribution < 1.29 is 9.53 Å². The number of carbonyl (C=O) groups is 1. The van der Waals surface area contributed by atoms with E-state index >= 15 is 0 Å². The van der Waals surface area contributed by atoms with E-state index in [1.54, 1.807) is 17.8 Å². The largest absolute Gasteiger partial charge is 0.381 e. The third-order valence-corrected chi connectivity index (χ3v) is 7.48. The second kappa shape index (κ2) is 9.30. The first-order valence-corrected chi connectivity index (χ1v) is 12.6. The van der Waals surface area contributed by atoms with Crippen LogP contribution in [0.5, 0.6) is 0 Å². The molecule has 1 aliphatic heterocycles. The number of carbonyl (C=O) groups excluding carboxylic acids is 1. The number of rotatable bonds is 5. The first-order chi connectivity index (χ1) is 17.2. The van der Waals surface area contributed by atoms with Crippen LogP contribution in [0.25, 0.3) is 27.7 Å². The van der Waals surface area contributed by atoms with E-state index in [0.29, 0.717) is 23.7 Å². The van der Waals surface area contributed by atoms with Gasteiger partial charge in [0.15, 0.2) is 0 Å². The molecule has 9 heteroatoms. The van der Waals surface area contributed by atoms with E-state index in [1.165, 1.54) is 6.42 Å². The summed E-state index contributed by atoms with van der Waals surface area (Å²) in [5, 5.41) is 8.85. The second-order valence-electron chi connectivity index (χ2n) is 9.67. The van der Waals surface area contributed by atoms with E-state index < -0.39 is 0 Å². The van der Waals surface area contributed by atoms with Crippen molar-refractivity contribution in [3.63, 3.8) is 0 Å². The molecule has 4 aromatic rings. The van der Waals surface area contributed by atoms with Crippen LogP contribution in [0.3, 0.4) is 0 Å². The molecular formula is C26H31N7O2. The molecule has 0 aromatic carbocycles. The molecule has 0 atom stereocenters. The van der Waals surface area contributed by atoms with Gasteiger partial charge in [0.05, 0.1) is 23.4 Å². The summed E-state index contributed by atoms with van der Waals surface area (Å²) in [6, 6.07) is 4.42. The van der Waals surface area contributed by atoms with Gasteiger partial charge < -0.3 is 19.9 Å². The number of hydrogen-bond acceptors (Lipinski definition) is 6. The molecule has 1 saturated carbocycles. The third kappa shape index (κ3) is 4.25. The molecule has 2 N–H and O–H groups in total. The number of amides is 1. The lowest BCUT2D eigenvalue weighted by atomic mass is 9.93. The molecule has 2 fully saturated rings. The monoisotopic (exact) mass is 473 g/mol. The molecule has 4 aromatic heterocycles. The number of fused-ring (bicyclic) bond motifs is 2. The molecule has 5 heterocycles. The van der Waals surface area contributed by atoms with Crippen LogP contribution in [0, 0.1) is 0 Å². The van der Waals surface area contributed by atoms with Crippen LogP contribution in [0.4, 0.5) is 5.95 Å². The summed E-state index contributed by atoms with van der Waals surface area (Å²) in [5.41, 5.74) is 4.27. The van der Waals surface area contributed by atoms with Crippen LogP contribution >= 0.6 is 0 Å². The number of likely N-dealkylation sites (tertiary alicyclic amines) is 1. The van der Waals surface area contributed by atoms with Crippen LogP contribution < -0.4 is 5.32 Å². The highest BCUT2D eigenvalue weighted by molar-refractivity contribution is 6.02. The first-order valence-electron chi connectivity index (χ1n) is 12.6. The van der Waals surface area contributed by atoms with Crippen molar-refractivity contribution in [3.8, 4) is 11.1 Å². The van der Waals surface area contributed by atoms with Gasteiger partial charge in [0, 0.05) is 55.8 Å². The zero-order valence-corrected chi connectivity index (χ0v) is 20.0. The normalized spacial score (nSPS) is 21.0. The molecule has 9 nitrogen and oxygen atoms in total. The maximum Gasteiger partial charge on any atom is 0.257 e. The number of hydrogen-bond donors (Lipinski definition) is 2. The third-order valence-electron chi connectivity index (χ3n) is 7.48. The molecule has 182 valence electrons. The summed E-state index contributed by atoms with van der Waals surface area (Å²) in [5.74, 6) is 0.710. The summed E-state index contributed by atoms with van der Waals surface area (Å²) in [7, 11) is 1.79. The Bertz CT molecular complexity index is 1350. The van der Waals surface area contributed by atoms with Gasteiger partial charge in [-0.3, -0.25) is 4.79 Å². The van der Waals surface area contributed by atoms with Crippen molar-refractivity contribution >= 4 is 28.4 Å². The van der Waals surface area contributed by atoms with E-state index in [0.717, 1.165) is 79.3 Å². The quantitative estimate of drug-likeness (QED) is 0.449. The standard InChI is InChI=1S/C26H31N7O2/c1-35-19-7-5-18(6-8-19)30-26-28-15-21-20(14-27-24(21)31-26)17-9-12-33-23(13-17)22(16-29-33)25(34)32-10-3-2-4-11-32/h9,12-16,18-19H,2-8,10-11H2,1H3,(H2,27,28,30,31)/t18-,19+. The molecule has 1 saturated heterocycles. The van der Waals surface area contributed by atoms with E-state index in [-0.39, 0.29) is 5.91 Å². The van der Waals surface area contributed by atoms with Crippen molar-refractivity contribution in [2.45, 2.75) is 57.1 Å². The van der Waals surface area contributed by atoms with Crippen LogP contribution in [-0.4, -0.2) is 67.7 Å². The Hall–Kier alpha value is -3.46. The second-order valence-corrected chi connectivity index (χ2v) is 9.67. The van der Waals surface area contributed by atoms with Crippen molar-refractivity contribution in [1.82, 2.24) is 29.5 Å². The van der Waals surface area contributed by atoms with Crippen molar-refractivity contribution in [2.75, 3.05) is 25.5 Å². The number of nitrogens with zero attached hydrogens (tertiary/aromatic N) is 5. The summed E-state index contributed by atoms with van der Waals surface area (Å²) in [4.78, 5) is 27.7. The highest BCUT2D eigenvalue weighted by Crippen LogP contribution is 2.30. The van der Waals surface area contributed by atoms with E-state index in [9.17, 15) is 4.79 Å². The van der Waals surface area contributed by atoms with Gasteiger partial charge >= 0.3 is 0 Å². The highest BCUT2D eigenvalue weighted by Gasteiger charge is 2.23. The predicted molar refractivity (Wildman–Crippen MR) is 135 cm³/mol. The fourth-order valence-corrected chi connectivity index (χ4v) is 5.42. The summed E-state index contributed by atoms with van der Waals surface area (Å²) >= 11 is 0. The molecule has 35 heavy (non-hydrogen) atoms. The lowest BCUT2D eigenvalue weighted by Gasteiger charge is -2.28. The Morgan fingerprint density at radius 1 is 1.14 bits per heavy atom. The number of aromatic nitrogens is 5. The molecule has 2 aliphatic rings. The molecule has 6 rings (SSSR count). The number of nitrogens with one attached hydrogen (secondary N) is 2. The van der Waals surface area contributed by atoms with Crippen molar-refractivity contribution in [2.24, 2.45) is 0 Å². The molecule has 1 amide bonds. The Morgan fingerprint density at radius 2 is 1.97 bits per heavy atom. The van der Waals surface area contributed by atoms with Crippen molar-refractivity contribution in [1.29, 1.82) is 0 Å². The van der Waals surface area contributed by atoms with Crippen LogP contribution in [0.2, 0.25) is 0 Å². The number of methoxy groups -OCH3 is 1. The van der Waals surface area contributed by atoms with E-state index in [4.69, 9.17) is 9.72 Å². The number of pyridine rings is 1. The van der Waals surface area contributed by atoms with Gasteiger partial charge in [0.1, 0.15) is 5.65 Å². The number of H-pyrrole nitrogens is 1. The molecule has 0 radical (unpaired) electrons. The fourth-order valence-electron chi connectivity index (χ4n) is 5.42. The smallest absolute Gasteiger partial charge is 0.257 e. The molecule has 1 aliphatic carbocycles. The minimum Gasteiger partial charge on any atom is -0.381 e. The minimum absolute atomic E-state index is 0.0642. The summed E-state index contributed by atoms with van der Waals surface area (Å²) < 4.78 is 7.24. The first kappa shape index (κ1) is 22.0. The van der Waals surface area contributed by atoms with Crippen LogP contribution in [-0.2, 0) is 4.74 Å². The van der Waals surface area contributed by atoms with Crippen LogP contribution in [0.1, 0.15) is 55.3 Å². The van der Waals surface area contributed by atoms with Crippen molar-refractivity contribution in [3.05, 3.63) is 42.5 Å². The predicted octanol–water partition coefficient (Wildman–Crippen LogP) is 4.27. The van der Waals surface area contributed by atoms with E-state index in [2.05, 4.69) is 20.4 Å². The van der Waals surface area contributed by atoms with Gasteiger partial charge in [-0.15, -0.1) is 0 Å². The summed E-state index contributed by atoms with van der Waals surface area (Å²) in [6.45, 7) is 1.64. The van der Waals surface area contributed by atoms with Crippen LogP contribution in [0.15, 0.2) is 36.9 Å². The zero-order valence-electron chi connectivity index (χ0n) is 20.0. The Balaban J connectivity index is 1.26. The van der Waals surface area contributed by atoms with Gasteiger partial charge in [-0.2, -0.15) is 10.1 Å². The maximum absolute atomic E-state index is 13.2. The lowest BCUT2D eigenvalue weighted by molar-refractivity contribution is 0.0681. The molecule has 0 spiro atoms.